The number of fused-ring (bicyclic) bond motifs is 2. The molecule has 2 amide bonds. The van der Waals surface area contributed by atoms with Crippen molar-refractivity contribution in [3.8, 4) is 0 Å². The molecule has 2 atom stereocenters. The minimum Gasteiger partial charge on any atom is -0.356 e. The number of nitrogens with one attached hydrogen (secondary N) is 2. The van der Waals surface area contributed by atoms with Gasteiger partial charge >= 0.3 is 0 Å². The van der Waals surface area contributed by atoms with E-state index in [4.69, 9.17) is 0 Å². The summed E-state index contributed by atoms with van der Waals surface area (Å²) in [6.45, 7) is 2.38. The predicted octanol–water partition coefficient (Wildman–Crippen LogP) is 1.46. The van der Waals surface area contributed by atoms with Crippen LogP contribution in [0.15, 0.2) is 0 Å². The Hall–Kier alpha value is -0.810. The highest BCUT2D eigenvalue weighted by molar-refractivity contribution is 5.85. The van der Waals surface area contributed by atoms with Crippen LogP contribution < -0.4 is 10.6 Å². The lowest BCUT2D eigenvalue weighted by atomic mass is 9.89. The minimum atomic E-state index is 0. The van der Waals surface area contributed by atoms with Crippen LogP contribution in [0.1, 0.15) is 51.4 Å². The first-order chi connectivity index (χ1) is 10.2. The quantitative estimate of drug-likeness (QED) is 0.725. The number of hydrogen-bond donors (Lipinski definition) is 2. The number of amides is 2. The van der Waals surface area contributed by atoms with E-state index in [9.17, 15) is 9.59 Å². The maximum Gasteiger partial charge on any atom is 0.222 e. The standard InChI is InChI=1S/C16H27N3O2.ClH/c20-15(11-12-9-13-4-5-14(10-12)18-13)17-6-2-8-19-7-1-3-16(19)21;/h12-14,18H,1-11H2,(H,17,20);1H. The number of nitrogens with zero attached hydrogens (tertiary/aromatic N) is 1. The Morgan fingerprint density at radius 1 is 1.27 bits per heavy atom. The third kappa shape index (κ3) is 4.59. The lowest BCUT2D eigenvalue weighted by molar-refractivity contribution is -0.127. The van der Waals surface area contributed by atoms with Crippen LogP contribution in [0.25, 0.3) is 0 Å². The van der Waals surface area contributed by atoms with Crippen LogP contribution in [0.4, 0.5) is 0 Å². The number of carbonyl (C=O) groups is 2. The predicted molar refractivity (Wildman–Crippen MR) is 88.0 cm³/mol. The molecule has 0 radical (unpaired) electrons. The molecule has 3 fully saturated rings. The number of piperidine rings is 1. The van der Waals surface area contributed by atoms with Crippen LogP contribution in [0.2, 0.25) is 0 Å². The summed E-state index contributed by atoms with van der Waals surface area (Å²) in [5.41, 5.74) is 0. The number of likely N-dealkylation sites (tertiary alicyclic amines) is 1. The zero-order chi connectivity index (χ0) is 14.7. The largest absolute Gasteiger partial charge is 0.356 e. The highest BCUT2D eigenvalue weighted by atomic mass is 35.5. The van der Waals surface area contributed by atoms with Crippen molar-refractivity contribution >= 4 is 24.2 Å². The maximum atomic E-state index is 12.0. The Kier molecular flexibility index (Phi) is 6.50. The Balaban J connectivity index is 0.00000176. The average molecular weight is 330 g/mol. The van der Waals surface area contributed by atoms with Gasteiger partial charge in [-0.2, -0.15) is 0 Å². The van der Waals surface area contributed by atoms with E-state index < -0.39 is 0 Å². The van der Waals surface area contributed by atoms with Crippen LogP contribution in [0, 0.1) is 5.92 Å². The van der Waals surface area contributed by atoms with Crippen molar-refractivity contribution in [3.63, 3.8) is 0 Å². The summed E-state index contributed by atoms with van der Waals surface area (Å²) in [5.74, 6) is 1.02. The van der Waals surface area contributed by atoms with Gasteiger partial charge in [0.25, 0.3) is 0 Å². The second-order valence-corrected chi connectivity index (χ2v) is 6.87. The molecule has 3 aliphatic rings. The molecule has 0 spiro atoms. The summed E-state index contributed by atoms with van der Waals surface area (Å²) in [6, 6.07) is 1.31. The van der Waals surface area contributed by atoms with Gasteiger partial charge in [0.15, 0.2) is 0 Å². The fraction of sp³-hybridized carbons (Fsp3) is 0.875. The van der Waals surface area contributed by atoms with Gasteiger partial charge in [-0.15, -0.1) is 12.4 Å². The SMILES string of the molecule is Cl.O=C(CC1CC2CCC(C1)N2)NCCCN1CCCC1=O. The Morgan fingerprint density at radius 2 is 2.00 bits per heavy atom. The van der Waals surface area contributed by atoms with E-state index in [-0.39, 0.29) is 24.2 Å². The van der Waals surface area contributed by atoms with Gasteiger partial charge < -0.3 is 15.5 Å². The Morgan fingerprint density at radius 3 is 2.64 bits per heavy atom. The van der Waals surface area contributed by atoms with Crippen LogP contribution in [-0.4, -0.2) is 48.4 Å². The smallest absolute Gasteiger partial charge is 0.222 e. The minimum absolute atomic E-state index is 0. The molecule has 126 valence electrons. The molecule has 0 saturated carbocycles. The first kappa shape index (κ1) is 17.5. The second kappa shape index (κ2) is 8.16. The number of carbonyl (C=O) groups excluding carboxylic acids is 2. The van der Waals surface area contributed by atoms with Crippen LogP contribution in [0.5, 0.6) is 0 Å². The lowest BCUT2D eigenvalue weighted by Gasteiger charge is -2.28. The molecule has 0 aromatic heterocycles. The molecule has 2 unspecified atom stereocenters. The molecule has 0 aromatic carbocycles. The molecule has 5 nitrogen and oxygen atoms in total. The molecule has 22 heavy (non-hydrogen) atoms. The monoisotopic (exact) mass is 329 g/mol. The van der Waals surface area contributed by atoms with Crippen LogP contribution in [-0.2, 0) is 9.59 Å². The highest BCUT2D eigenvalue weighted by Gasteiger charge is 2.34. The Bertz CT molecular complexity index is 393. The third-order valence-corrected chi connectivity index (χ3v) is 5.14. The molecule has 0 aromatic rings. The first-order valence-electron chi connectivity index (χ1n) is 8.51. The summed E-state index contributed by atoms with van der Waals surface area (Å²) in [5, 5.41) is 6.63. The highest BCUT2D eigenvalue weighted by Crippen LogP contribution is 2.32. The van der Waals surface area contributed by atoms with Gasteiger partial charge in [-0.05, 0) is 44.4 Å². The summed E-state index contributed by atoms with van der Waals surface area (Å²) < 4.78 is 0. The molecular formula is C16H28ClN3O2. The van der Waals surface area contributed by atoms with Crippen molar-refractivity contribution in [1.82, 2.24) is 15.5 Å². The zero-order valence-electron chi connectivity index (χ0n) is 13.2. The van der Waals surface area contributed by atoms with Crippen LogP contribution in [0.3, 0.4) is 0 Å². The van der Waals surface area contributed by atoms with Crippen molar-refractivity contribution < 1.29 is 9.59 Å². The summed E-state index contributed by atoms with van der Waals surface area (Å²) >= 11 is 0. The molecule has 2 N–H and O–H groups in total. The molecule has 0 aliphatic carbocycles. The van der Waals surface area contributed by atoms with Crippen molar-refractivity contribution in [2.24, 2.45) is 5.92 Å². The maximum absolute atomic E-state index is 12.0. The van der Waals surface area contributed by atoms with E-state index in [0.717, 1.165) is 38.8 Å². The lowest BCUT2D eigenvalue weighted by Crippen LogP contribution is -2.40. The molecule has 3 aliphatic heterocycles. The molecule has 3 rings (SSSR count). The normalized spacial score (nSPS) is 30.3. The van der Waals surface area contributed by atoms with E-state index in [1.54, 1.807) is 0 Å². The van der Waals surface area contributed by atoms with E-state index in [2.05, 4.69) is 10.6 Å². The van der Waals surface area contributed by atoms with E-state index in [0.29, 0.717) is 37.4 Å². The summed E-state index contributed by atoms with van der Waals surface area (Å²) in [7, 11) is 0. The van der Waals surface area contributed by atoms with E-state index in [1.165, 1.54) is 12.8 Å². The first-order valence-corrected chi connectivity index (χ1v) is 8.51. The molecule has 6 heteroatoms. The summed E-state index contributed by atoms with van der Waals surface area (Å²) in [6.07, 6.45) is 8.12. The fourth-order valence-electron chi connectivity index (χ4n) is 4.11. The Labute approximate surface area is 139 Å². The number of hydrogen-bond acceptors (Lipinski definition) is 3. The van der Waals surface area contributed by atoms with Gasteiger partial charge in [-0.3, -0.25) is 9.59 Å². The fourth-order valence-corrected chi connectivity index (χ4v) is 4.11. The number of rotatable bonds is 6. The van der Waals surface area contributed by atoms with Crippen molar-refractivity contribution in [1.29, 1.82) is 0 Å². The van der Waals surface area contributed by atoms with Gasteiger partial charge in [0.05, 0.1) is 0 Å². The van der Waals surface area contributed by atoms with Gasteiger partial charge in [-0.1, -0.05) is 0 Å². The second-order valence-electron chi connectivity index (χ2n) is 6.87. The van der Waals surface area contributed by atoms with Crippen molar-refractivity contribution in [3.05, 3.63) is 0 Å². The zero-order valence-corrected chi connectivity index (χ0v) is 14.0. The van der Waals surface area contributed by atoms with Gasteiger partial charge in [0, 0.05) is 44.6 Å². The topological polar surface area (TPSA) is 61.4 Å². The molecule has 3 saturated heterocycles. The average Bonchev–Trinajstić information content (AvgIpc) is 3.01. The number of halogens is 1. The molecule has 3 heterocycles. The van der Waals surface area contributed by atoms with Crippen molar-refractivity contribution in [2.45, 2.75) is 63.5 Å². The summed E-state index contributed by atoms with van der Waals surface area (Å²) in [4.78, 5) is 25.4. The van der Waals surface area contributed by atoms with Crippen molar-refractivity contribution in [2.75, 3.05) is 19.6 Å². The molecule has 2 bridgehead atoms. The van der Waals surface area contributed by atoms with Gasteiger partial charge in [-0.25, -0.2) is 0 Å². The third-order valence-electron chi connectivity index (χ3n) is 5.14. The van der Waals surface area contributed by atoms with Gasteiger partial charge in [0.1, 0.15) is 0 Å². The molecular weight excluding hydrogens is 302 g/mol. The van der Waals surface area contributed by atoms with Gasteiger partial charge in [0.2, 0.25) is 11.8 Å². The van der Waals surface area contributed by atoms with E-state index >= 15 is 0 Å². The van der Waals surface area contributed by atoms with E-state index in [1.807, 2.05) is 4.90 Å². The van der Waals surface area contributed by atoms with Crippen LogP contribution >= 0.6 is 12.4 Å².